The second kappa shape index (κ2) is 4.74. The maximum Gasteiger partial charge on any atom is 0.503 e. The molecule has 1 rings (SSSR count). The van der Waals surface area contributed by atoms with Gasteiger partial charge in [-0.2, -0.15) is 0 Å². The summed E-state index contributed by atoms with van der Waals surface area (Å²) in [6, 6.07) is 0. The minimum Gasteiger partial charge on any atom is -0.422 e. The van der Waals surface area contributed by atoms with Crippen molar-refractivity contribution in [2.75, 3.05) is 0 Å². The monoisotopic (exact) mass is 307 g/mol. The second-order valence-corrected chi connectivity index (χ2v) is 6.89. The van der Waals surface area contributed by atoms with Crippen LogP contribution in [0.5, 0.6) is 0 Å². The molecule has 0 aliphatic heterocycles. The summed E-state index contributed by atoms with van der Waals surface area (Å²) in [5.41, 5.74) is -1.90. The predicted octanol–water partition coefficient (Wildman–Crippen LogP) is 1.16. The van der Waals surface area contributed by atoms with E-state index >= 15 is 0 Å². The van der Waals surface area contributed by atoms with Gasteiger partial charge in [0.25, 0.3) is 0 Å². The molecule has 0 saturated carbocycles. The number of thiazole rings is 1. The quantitative estimate of drug-likeness (QED) is 0.820. The zero-order valence-electron chi connectivity index (χ0n) is 9.69. The Hall–Kier alpha value is 0.0549. The van der Waals surface area contributed by atoms with E-state index in [2.05, 4.69) is 20.9 Å². The van der Waals surface area contributed by atoms with E-state index in [0.29, 0.717) is 8.69 Å². The van der Waals surface area contributed by atoms with Crippen molar-refractivity contribution >= 4 is 39.2 Å². The molecule has 1 aromatic heterocycles. The molecule has 0 fully saturated rings. The molecule has 1 heterocycles. The van der Waals surface area contributed by atoms with Gasteiger partial charge < -0.3 is 14.8 Å². The fourth-order valence-corrected chi connectivity index (χ4v) is 2.08. The Morgan fingerprint density at radius 1 is 1.44 bits per heavy atom. The Labute approximate surface area is 108 Å². The zero-order valence-corrected chi connectivity index (χ0v) is 12.1. The third-order valence-corrected chi connectivity index (χ3v) is 4.13. The molecule has 1 aromatic rings. The van der Waals surface area contributed by atoms with Crippen LogP contribution in [0.4, 0.5) is 0 Å². The van der Waals surface area contributed by atoms with Crippen LogP contribution >= 0.6 is 27.3 Å². The molecule has 2 N–H and O–H groups in total. The van der Waals surface area contributed by atoms with Gasteiger partial charge in [-0.15, -0.1) is 11.3 Å². The van der Waals surface area contributed by atoms with Crippen LogP contribution < -0.4 is 4.78 Å². The first-order valence-corrected chi connectivity index (χ1v) is 6.44. The highest BCUT2D eigenvalue weighted by Gasteiger charge is 2.40. The molecule has 0 aliphatic rings. The number of aliphatic hydroxyl groups is 1. The fraction of sp³-hybridized carbons (Fsp3) is 0.667. The van der Waals surface area contributed by atoms with Gasteiger partial charge in [0.1, 0.15) is 0 Å². The van der Waals surface area contributed by atoms with Crippen LogP contribution in [0.3, 0.4) is 0 Å². The van der Waals surface area contributed by atoms with E-state index in [9.17, 15) is 10.1 Å². The van der Waals surface area contributed by atoms with E-state index < -0.39 is 18.3 Å². The number of halogens is 1. The van der Waals surface area contributed by atoms with Crippen LogP contribution in [0.25, 0.3) is 0 Å². The number of rotatable bonds is 4. The van der Waals surface area contributed by atoms with Crippen molar-refractivity contribution in [3.63, 3.8) is 0 Å². The highest BCUT2D eigenvalue weighted by molar-refractivity contribution is 9.11. The molecule has 0 saturated heterocycles. The maximum absolute atomic E-state index is 9.89. The summed E-state index contributed by atoms with van der Waals surface area (Å²) in [5.74, 6) is 0. The van der Waals surface area contributed by atoms with Gasteiger partial charge in [0.05, 0.1) is 16.0 Å². The molecule has 0 unspecified atom stereocenters. The van der Waals surface area contributed by atoms with Crippen LogP contribution in [0.15, 0.2) is 10.1 Å². The van der Waals surface area contributed by atoms with Crippen LogP contribution in [0.2, 0.25) is 0 Å². The van der Waals surface area contributed by atoms with E-state index in [-0.39, 0.29) is 0 Å². The molecule has 4 nitrogen and oxygen atoms in total. The minimum atomic E-state index is -1.08. The average molecular weight is 308 g/mol. The van der Waals surface area contributed by atoms with Gasteiger partial charge in [-0.05, 0) is 43.6 Å². The number of hydrogen-bond acceptors (Lipinski definition) is 5. The van der Waals surface area contributed by atoms with Crippen molar-refractivity contribution < 1.29 is 14.8 Å². The maximum atomic E-state index is 9.89. The lowest BCUT2D eigenvalue weighted by Crippen LogP contribution is -2.52. The lowest BCUT2D eigenvalue weighted by Gasteiger charge is -2.38. The third kappa shape index (κ3) is 3.27. The van der Waals surface area contributed by atoms with Crippen molar-refractivity contribution in [1.29, 1.82) is 0 Å². The lowest BCUT2D eigenvalue weighted by atomic mass is 9.82. The first-order chi connectivity index (χ1) is 7.13. The standard InChI is InChI=1S/C9H15BBrNO3S/c1-8(2,13)9(3,4)15-10(14)6-5-12-7(11)16-6/h5,13-14H,1-4H3. The van der Waals surface area contributed by atoms with Gasteiger partial charge >= 0.3 is 7.12 Å². The van der Waals surface area contributed by atoms with Crippen LogP contribution in [-0.2, 0) is 4.65 Å². The second-order valence-electron chi connectivity index (χ2n) is 4.56. The Morgan fingerprint density at radius 3 is 2.38 bits per heavy atom. The highest BCUT2D eigenvalue weighted by Crippen LogP contribution is 2.25. The van der Waals surface area contributed by atoms with E-state index in [1.807, 2.05) is 0 Å². The molecule has 16 heavy (non-hydrogen) atoms. The summed E-state index contributed by atoms with van der Waals surface area (Å²) in [4.78, 5) is 3.96. The normalized spacial score (nSPS) is 12.9. The van der Waals surface area contributed by atoms with Crippen molar-refractivity contribution in [2.45, 2.75) is 38.9 Å². The van der Waals surface area contributed by atoms with Gasteiger partial charge in [0.15, 0.2) is 3.92 Å². The molecule has 0 atom stereocenters. The summed E-state index contributed by atoms with van der Waals surface area (Å²) >= 11 is 4.51. The molecule has 0 radical (unpaired) electrons. The SMILES string of the molecule is CC(C)(O)C(C)(C)OB(O)c1cnc(Br)s1. The highest BCUT2D eigenvalue weighted by atomic mass is 79.9. The van der Waals surface area contributed by atoms with Crippen LogP contribution in [-0.4, -0.2) is 33.4 Å². The van der Waals surface area contributed by atoms with E-state index in [4.69, 9.17) is 4.65 Å². The Kier molecular flexibility index (Phi) is 4.18. The van der Waals surface area contributed by atoms with E-state index in [0.717, 1.165) is 0 Å². The summed E-state index contributed by atoms with van der Waals surface area (Å²) < 4.78 is 6.74. The van der Waals surface area contributed by atoms with E-state index in [1.54, 1.807) is 33.9 Å². The molecule has 90 valence electrons. The number of aromatic nitrogens is 1. The van der Waals surface area contributed by atoms with Gasteiger partial charge in [0.2, 0.25) is 0 Å². The Morgan fingerprint density at radius 2 is 2.00 bits per heavy atom. The molecule has 0 aromatic carbocycles. The largest absolute Gasteiger partial charge is 0.503 e. The van der Waals surface area contributed by atoms with Crippen LogP contribution in [0.1, 0.15) is 27.7 Å². The first-order valence-electron chi connectivity index (χ1n) is 4.83. The zero-order chi connectivity index (χ0) is 12.6. The number of nitrogens with zero attached hydrogens (tertiary/aromatic N) is 1. The minimum absolute atomic E-state index is 0.601. The molecule has 0 bridgehead atoms. The van der Waals surface area contributed by atoms with Gasteiger partial charge in [-0.1, -0.05) is 0 Å². The van der Waals surface area contributed by atoms with Gasteiger partial charge in [-0.25, -0.2) is 4.98 Å². The summed E-state index contributed by atoms with van der Waals surface area (Å²) in [6.45, 7) is 6.74. The van der Waals surface area contributed by atoms with Gasteiger partial charge in [-0.3, -0.25) is 0 Å². The predicted molar refractivity (Wildman–Crippen MR) is 68.9 cm³/mol. The lowest BCUT2D eigenvalue weighted by molar-refractivity contribution is -0.0981. The molecule has 0 amide bonds. The summed E-state index contributed by atoms with van der Waals surface area (Å²) in [5, 5.41) is 19.7. The average Bonchev–Trinajstić information content (AvgIpc) is 2.48. The molecular formula is C9H15BBrNO3S. The van der Waals surface area contributed by atoms with E-state index in [1.165, 1.54) is 11.3 Å². The van der Waals surface area contributed by atoms with Crippen molar-refractivity contribution in [3.05, 3.63) is 10.1 Å². The fourth-order valence-electron chi connectivity index (χ4n) is 0.860. The summed E-state index contributed by atoms with van der Waals surface area (Å²) in [7, 11) is -1.08. The molecule has 0 aliphatic carbocycles. The number of hydrogen-bond donors (Lipinski definition) is 2. The smallest absolute Gasteiger partial charge is 0.422 e. The summed E-state index contributed by atoms with van der Waals surface area (Å²) in [6.07, 6.45) is 1.54. The molecule has 7 heteroatoms. The van der Waals surface area contributed by atoms with Crippen molar-refractivity contribution in [1.82, 2.24) is 4.98 Å². The molecular weight excluding hydrogens is 293 g/mol. The molecule has 0 spiro atoms. The van der Waals surface area contributed by atoms with Crippen molar-refractivity contribution in [3.8, 4) is 0 Å². The van der Waals surface area contributed by atoms with Crippen LogP contribution in [0, 0.1) is 0 Å². The Balaban J connectivity index is 2.75. The van der Waals surface area contributed by atoms with Gasteiger partial charge in [0, 0.05) is 6.20 Å². The van der Waals surface area contributed by atoms with Crippen molar-refractivity contribution in [2.24, 2.45) is 0 Å². The first kappa shape index (κ1) is 14.1. The topological polar surface area (TPSA) is 62.6 Å². The Bertz CT molecular complexity index is 364. The third-order valence-electron chi connectivity index (χ3n) is 2.62.